The van der Waals surface area contributed by atoms with Crippen molar-refractivity contribution in [2.24, 2.45) is 5.11 Å². The largest absolute Gasteiger partial charge is 0.480 e. The Hall–Kier alpha value is -1.95. The standard InChI is InChI=1S/C12H22N4O4/c1-8(15-16-13)6-5-7-9(10(17)18)14-11(19)20-12(2,3)4/h8-9H,5-7H2,1-4H3,(H,14,19)(H,17,18)/t8?,9-/m0/s1. The summed E-state index contributed by atoms with van der Waals surface area (Å²) >= 11 is 0. The fourth-order valence-electron chi connectivity index (χ4n) is 1.47. The van der Waals surface area contributed by atoms with E-state index in [0.29, 0.717) is 12.8 Å². The molecule has 114 valence electrons. The lowest BCUT2D eigenvalue weighted by molar-refractivity contribution is -0.139. The molecule has 0 aromatic carbocycles. The molecule has 0 bridgehead atoms. The number of ether oxygens (including phenoxy) is 1. The first-order valence-electron chi connectivity index (χ1n) is 6.42. The SMILES string of the molecule is CC(CCC[C@H](NC(=O)OC(C)(C)C)C(=O)O)N=[N+]=[N-]. The molecule has 0 spiro atoms. The van der Waals surface area contributed by atoms with Crippen LogP contribution in [-0.2, 0) is 9.53 Å². The van der Waals surface area contributed by atoms with Crippen LogP contribution < -0.4 is 5.32 Å². The van der Waals surface area contributed by atoms with Crippen molar-refractivity contribution in [2.45, 2.75) is 64.6 Å². The van der Waals surface area contributed by atoms with Crippen molar-refractivity contribution in [1.82, 2.24) is 5.32 Å². The lowest BCUT2D eigenvalue weighted by Crippen LogP contribution is -2.43. The van der Waals surface area contributed by atoms with E-state index in [0.717, 1.165) is 0 Å². The van der Waals surface area contributed by atoms with Crippen LogP contribution in [0, 0.1) is 0 Å². The Balaban J connectivity index is 4.27. The molecule has 0 heterocycles. The number of hydrogen-bond donors (Lipinski definition) is 2. The number of aliphatic carboxylic acids is 1. The predicted octanol–water partition coefficient (Wildman–Crippen LogP) is 2.83. The number of amides is 1. The quantitative estimate of drug-likeness (QED) is 0.424. The van der Waals surface area contributed by atoms with Gasteiger partial charge >= 0.3 is 12.1 Å². The van der Waals surface area contributed by atoms with E-state index >= 15 is 0 Å². The van der Waals surface area contributed by atoms with Gasteiger partial charge in [-0.05, 0) is 39.1 Å². The van der Waals surface area contributed by atoms with Gasteiger partial charge in [-0.25, -0.2) is 9.59 Å². The lowest BCUT2D eigenvalue weighted by Gasteiger charge is -2.22. The van der Waals surface area contributed by atoms with Crippen LogP contribution in [0.1, 0.15) is 47.0 Å². The van der Waals surface area contributed by atoms with Crippen LogP contribution in [0.2, 0.25) is 0 Å². The van der Waals surface area contributed by atoms with Crippen molar-refractivity contribution in [2.75, 3.05) is 0 Å². The molecular formula is C12H22N4O4. The van der Waals surface area contributed by atoms with Crippen LogP contribution in [0.5, 0.6) is 0 Å². The molecule has 0 aliphatic carbocycles. The monoisotopic (exact) mass is 286 g/mol. The first-order chi connectivity index (χ1) is 9.15. The number of hydrogen-bond acceptors (Lipinski definition) is 4. The summed E-state index contributed by atoms with van der Waals surface area (Å²) in [5.41, 5.74) is 7.57. The van der Waals surface area contributed by atoms with Crippen molar-refractivity contribution in [3.63, 3.8) is 0 Å². The highest BCUT2D eigenvalue weighted by atomic mass is 16.6. The number of nitrogens with one attached hydrogen (secondary N) is 1. The van der Waals surface area contributed by atoms with E-state index in [9.17, 15) is 9.59 Å². The second-order valence-corrected chi connectivity index (χ2v) is 5.52. The van der Waals surface area contributed by atoms with E-state index in [1.807, 2.05) is 0 Å². The second kappa shape index (κ2) is 8.27. The molecule has 0 saturated heterocycles. The third-order valence-corrected chi connectivity index (χ3v) is 2.35. The average Bonchev–Trinajstić information content (AvgIpc) is 2.25. The number of carbonyl (C=O) groups is 2. The first kappa shape index (κ1) is 18.0. The van der Waals surface area contributed by atoms with Gasteiger partial charge in [0.2, 0.25) is 0 Å². The van der Waals surface area contributed by atoms with Crippen LogP contribution in [0.3, 0.4) is 0 Å². The third-order valence-electron chi connectivity index (χ3n) is 2.35. The Kier molecular flexibility index (Phi) is 7.46. The summed E-state index contributed by atoms with van der Waals surface area (Å²) in [7, 11) is 0. The van der Waals surface area contributed by atoms with Crippen molar-refractivity contribution in [1.29, 1.82) is 0 Å². The zero-order valence-corrected chi connectivity index (χ0v) is 12.3. The minimum absolute atomic E-state index is 0.198. The number of carboxylic acids is 1. The van der Waals surface area contributed by atoms with Crippen molar-refractivity contribution in [3.8, 4) is 0 Å². The minimum Gasteiger partial charge on any atom is -0.480 e. The molecule has 2 N–H and O–H groups in total. The summed E-state index contributed by atoms with van der Waals surface area (Å²) < 4.78 is 5.00. The number of azide groups is 1. The molecule has 2 atom stereocenters. The normalized spacial score (nSPS) is 13.8. The Bertz CT molecular complexity index is 385. The number of alkyl carbamates (subject to hydrolysis) is 1. The van der Waals surface area contributed by atoms with Gasteiger partial charge in [0.15, 0.2) is 0 Å². The molecule has 8 heteroatoms. The number of rotatable bonds is 7. The fourth-order valence-corrected chi connectivity index (χ4v) is 1.47. The van der Waals surface area contributed by atoms with Gasteiger partial charge in [0.1, 0.15) is 11.6 Å². The smallest absolute Gasteiger partial charge is 0.408 e. The van der Waals surface area contributed by atoms with Gasteiger partial charge < -0.3 is 15.2 Å². The summed E-state index contributed by atoms with van der Waals surface area (Å²) in [6.07, 6.45) is 0.574. The number of nitrogens with zero attached hydrogens (tertiary/aromatic N) is 3. The molecule has 0 fully saturated rings. The highest BCUT2D eigenvalue weighted by molar-refractivity contribution is 5.79. The minimum atomic E-state index is -1.12. The topological polar surface area (TPSA) is 124 Å². The second-order valence-electron chi connectivity index (χ2n) is 5.52. The van der Waals surface area contributed by atoms with E-state index in [2.05, 4.69) is 15.3 Å². The molecule has 0 saturated carbocycles. The maximum Gasteiger partial charge on any atom is 0.408 e. The van der Waals surface area contributed by atoms with Crippen LogP contribution in [0.15, 0.2) is 5.11 Å². The maximum absolute atomic E-state index is 11.5. The molecule has 0 aromatic heterocycles. The number of carbonyl (C=O) groups excluding carboxylic acids is 1. The first-order valence-corrected chi connectivity index (χ1v) is 6.42. The molecule has 0 radical (unpaired) electrons. The summed E-state index contributed by atoms with van der Waals surface area (Å²) in [4.78, 5) is 25.2. The Morgan fingerprint density at radius 1 is 1.40 bits per heavy atom. The predicted molar refractivity (Wildman–Crippen MR) is 73.3 cm³/mol. The molecule has 8 nitrogen and oxygen atoms in total. The Morgan fingerprint density at radius 2 is 2.00 bits per heavy atom. The third kappa shape index (κ3) is 9.04. The van der Waals surface area contributed by atoms with Crippen LogP contribution >= 0.6 is 0 Å². The van der Waals surface area contributed by atoms with Crippen molar-refractivity contribution < 1.29 is 19.4 Å². The molecule has 0 aliphatic rings. The summed E-state index contributed by atoms with van der Waals surface area (Å²) in [5, 5.41) is 14.8. The van der Waals surface area contributed by atoms with Gasteiger partial charge in [-0.2, -0.15) is 0 Å². The van der Waals surface area contributed by atoms with Gasteiger partial charge in [0, 0.05) is 11.0 Å². The molecule has 0 rings (SSSR count). The van der Waals surface area contributed by atoms with Gasteiger partial charge in [-0.1, -0.05) is 18.5 Å². The highest BCUT2D eigenvalue weighted by Gasteiger charge is 2.23. The summed E-state index contributed by atoms with van der Waals surface area (Å²) in [5.74, 6) is -1.12. The summed E-state index contributed by atoms with van der Waals surface area (Å²) in [6, 6.07) is -1.21. The van der Waals surface area contributed by atoms with E-state index < -0.39 is 23.7 Å². The molecule has 0 aromatic rings. The van der Waals surface area contributed by atoms with Crippen LogP contribution in [0.4, 0.5) is 4.79 Å². The van der Waals surface area contributed by atoms with Crippen LogP contribution in [0.25, 0.3) is 10.4 Å². The van der Waals surface area contributed by atoms with E-state index in [4.69, 9.17) is 15.4 Å². The molecular weight excluding hydrogens is 264 g/mol. The molecule has 1 unspecified atom stereocenters. The van der Waals surface area contributed by atoms with E-state index in [1.165, 1.54) is 0 Å². The van der Waals surface area contributed by atoms with Crippen molar-refractivity contribution >= 4 is 12.1 Å². The molecule has 0 aliphatic heterocycles. The zero-order valence-electron chi connectivity index (χ0n) is 12.3. The van der Waals surface area contributed by atoms with Gasteiger partial charge in [0.05, 0.1) is 0 Å². The molecule has 20 heavy (non-hydrogen) atoms. The maximum atomic E-state index is 11.5. The van der Waals surface area contributed by atoms with Crippen LogP contribution in [-0.4, -0.2) is 34.9 Å². The Morgan fingerprint density at radius 3 is 2.45 bits per heavy atom. The zero-order chi connectivity index (χ0) is 15.8. The highest BCUT2D eigenvalue weighted by Crippen LogP contribution is 2.10. The number of carboxylic acid groups (broad SMARTS) is 1. The fraction of sp³-hybridized carbons (Fsp3) is 0.833. The van der Waals surface area contributed by atoms with Gasteiger partial charge in [-0.15, -0.1) is 0 Å². The van der Waals surface area contributed by atoms with E-state index in [1.54, 1.807) is 27.7 Å². The van der Waals surface area contributed by atoms with Gasteiger partial charge in [0.25, 0.3) is 0 Å². The van der Waals surface area contributed by atoms with Gasteiger partial charge in [-0.3, -0.25) is 0 Å². The molecule has 1 amide bonds. The lowest BCUT2D eigenvalue weighted by atomic mass is 10.1. The van der Waals surface area contributed by atoms with Crippen molar-refractivity contribution in [3.05, 3.63) is 10.4 Å². The average molecular weight is 286 g/mol. The summed E-state index contributed by atoms with van der Waals surface area (Å²) in [6.45, 7) is 6.84. The van der Waals surface area contributed by atoms with E-state index in [-0.39, 0.29) is 12.5 Å². The Labute approximate surface area is 118 Å².